The third-order valence-electron chi connectivity index (χ3n) is 13.6. The van der Waals surface area contributed by atoms with Gasteiger partial charge in [0.25, 0.3) is 0 Å². The Hall–Kier alpha value is -0.610. The van der Waals surface area contributed by atoms with Crippen LogP contribution in [-0.2, 0) is 4.79 Å². The van der Waals surface area contributed by atoms with Crippen molar-refractivity contribution in [1.82, 2.24) is 0 Å². The molecule has 5 rings (SSSR count). The highest BCUT2D eigenvalue weighted by Crippen LogP contribution is 2.69. The summed E-state index contributed by atoms with van der Waals surface area (Å²) in [5.41, 5.74) is 0.598. The number of aliphatic hydroxyl groups excluding tert-OH is 2. The number of hydrogen-bond acceptors (Lipinski definition) is 3. The molecule has 0 saturated heterocycles. The van der Waals surface area contributed by atoms with Crippen molar-refractivity contribution < 1.29 is 20.1 Å². The summed E-state index contributed by atoms with van der Waals surface area (Å²) in [5, 5.41) is 32.1. The second-order valence-electron chi connectivity index (χ2n) is 15.0. The molecule has 0 radical (unpaired) electrons. The Balaban J connectivity index is 1.27. The zero-order valence-electron chi connectivity index (χ0n) is 24.2. The van der Waals surface area contributed by atoms with Crippen LogP contribution in [0.25, 0.3) is 0 Å². The van der Waals surface area contributed by atoms with E-state index in [0.29, 0.717) is 46.8 Å². The van der Waals surface area contributed by atoms with Gasteiger partial charge >= 0.3 is 5.97 Å². The molecule has 4 nitrogen and oxygen atoms in total. The maximum Gasteiger partial charge on any atom is 0.306 e. The second-order valence-corrected chi connectivity index (χ2v) is 15.0. The van der Waals surface area contributed by atoms with Gasteiger partial charge in [0.05, 0.1) is 18.1 Å². The fourth-order valence-electron chi connectivity index (χ4n) is 11.7. The van der Waals surface area contributed by atoms with Gasteiger partial charge in [0.15, 0.2) is 0 Å². The molecule has 0 aromatic carbocycles. The lowest BCUT2D eigenvalue weighted by molar-refractivity contribution is -0.203. The van der Waals surface area contributed by atoms with E-state index in [1.165, 1.54) is 44.9 Å². The van der Waals surface area contributed by atoms with Crippen molar-refractivity contribution in [3.05, 3.63) is 0 Å². The van der Waals surface area contributed by atoms with Crippen LogP contribution in [0, 0.1) is 64.1 Å². The summed E-state index contributed by atoms with van der Waals surface area (Å²) >= 11 is 0. The number of hydrogen-bond donors (Lipinski definition) is 3. The molecule has 5 fully saturated rings. The summed E-state index contributed by atoms with van der Waals surface area (Å²) in [7, 11) is 0. The van der Waals surface area contributed by atoms with Crippen LogP contribution in [0.1, 0.15) is 124 Å². The first-order valence-electron chi connectivity index (χ1n) is 16.2. The molecule has 5 saturated carbocycles. The van der Waals surface area contributed by atoms with Gasteiger partial charge in [0, 0.05) is 0 Å². The molecule has 0 spiro atoms. The lowest BCUT2D eigenvalue weighted by Gasteiger charge is -2.64. The summed E-state index contributed by atoms with van der Waals surface area (Å²) in [4.78, 5) is 11.8. The minimum absolute atomic E-state index is 0.113. The summed E-state index contributed by atoms with van der Waals surface area (Å²) in [5.74, 6) is 3.56. The maximum atomic E-state index is 11.9. The zero-order chi connectivity index (χ0) is 26.5. The van der Waals surface area contributed by atoms with Crippen molar-refractivity contribution in [2.45, 2.75) is 136 Å². The molecule has 0 bridgehead atoms. The number of carboxylic acid groups (broad SMARTS) is 1. The molecule has 0 heterocycles. The molecule has 0 amide bonds. The van der Waals surface area contributed by atoms with Crippen LogP contribution in [0.2, 0.25) is 0 Å². The van der Waals surface area contributed by atoms with E-state index in [-0.39, 0.29) is 23.5 Å². The number of aliphatic carboxylic acids is 1. The first-order chi connectivity index (χ1) is 17.6. The van der Waals surface area contributed by atoms with Gasteiger partial charge < -0.3 is 15.3 Å². The van der Waals surface area contributed by atoms with Crippen LogP contribution in [0.3, 0.4) is 0 Å². The lowest BCUT2D eigenvalue weighted by Crippen LogP contribution is -2.62. The molecule has 212 valence electrons. The first-order valence-corrected chi connectivity index (χ1v) is 16.2. The molecule has 0 aliphatic heterocycles. The maximum absolute atomic E-state index is 11.9. The minimum atomic E-state index is -0.569. The Morgan fingerprint density at radius 1 is 0.919 bits per heavy atom. The van der Waals surface area contributed by atoms with Crippen molar-refractivity contribution in [2.75, 3.05) is 0 Å². The summed E-state index contributed by atoms with van der Waals surface area (Å²) in [6.07, 6.45) is 16.5. The molecule has 13 atom stereocenters. The third kappa shape index (κ3) is 4.72. The van der Waals surface area contributed by atoms with Gasteiger partial charge in [0.1, 0.15) is 0 Å². The molecular weight excluding hydrogens is 460 g/mol. The average Bonchev–Trinajstić information content (AvgIpc) is 3.22. The first kappa shape index (κ1) is 27.9. The van der Waals surface area contributed by atoms with Crippen LogP contribution in [0.15, 0.2) is 0 Å². The number of rotatable bonds is 7. The van der Waals surface area contributed by atoms with Crippen LogP contribution >= 0.6 is 0 Å². The highest BCUT2D eigenvalue weighted by Gasteiger charge is 2.64. The molecule has 5 aliphatic rings. The summed E-state index contributed by atoms with van der Waals surface area (Å²) in [6.45, 7) is 9.85. The fourth-order valence-corrected chi connectivity index (χ4v) is 11.7. The van der Waals surface area contributed by atoms with Gasteiger partial charge in [0.2, 0.25) is 0 Å². The quantitative estimate of drug-likeness (QED) is 0.331. The molecular formula is C33H56O4. The number of carboxylic acids is 1. The van der Waals surface area contributed by atoms with Crippen molar-refractivity contribution >= 4 is 5.97 Å². The highest BCUT2D eigenvalue weighted by atomic mass is 16.4. The Morgan fingerprint density at radius 2 is 1.62 bits per heavy atom. The molecule has 4 heteroatoms. The van der Waals surface area contributed by atoms with Gasteiger partial charge in [-0.2, -0.15) is 0 Å². The van der Waals surface area contributed by atoms with Crippen molar-refractivity contribution in [3.63, 3.8) is 0 Å². The normalized spacial score (nSPS) is 50.5. The molecule has 6 unspecified atom stereocenters. The van der Waals surface area contributed by atoms with Crippen LogP contribution in [-0.4, -0.2) is 33.5 Å². The predicted molar refractivity (Wildman–Crippen MR) is 148 cm³/mol. The van der Waals surface area contributed by atoms with Crippen LogP contribution in [0.4, 0.5) is 0 Å². The SMILES string of the molecule is CC[C@H]1[C@@H](O)C2C3CC[C@H]([C@H](C)CCCC4CCCCC4C(=O)O)C3(C)CCC2[C@@]2(C)CC[C@@H](O)C[C@@H]12. The minimum Gasteiger partial charge on any atom is -0.481 e. The Bertz CT molecular complexity index is 812. The lowest BCUT2D eigenvalue weighted by atomic mass is 9.41. The smallest absolute Gasteiger partial charge is 0.306 e. The van der Waals surface area contributed by atoms with Crippen molar-refractivity contribution in [2.24, 2.45) is 64.1 Å². The molecule has 0 aromatic heterocycles. The zero-order valence-corrected chi connectivity index (χ0v) is 24.2. The Labute approximate surface area is 226 Å². The van der Waals surface area contributed by atoms with E-state index in [1.54, 1.807) is 0 Å². The van der Waals surface area contributed by atoms with E-state index >= 15 is 0 Å². The van der Waals surface area contributed by atoms with E-state index in [2.05, 4.69) is 27.7 Å². The highest BCUT2D eigenvalue weighted by molar-refractivity contribution is 5.70. The standard InChI is InChI=1S/C33H56O4/c1-5-23-28-19-22(34)15-17-33(28,4)27-16-18-32(3)25(13-14-26(32)29(27)30(23)35)20(2)9-8-11-21-10-6-7-12-24(21)31(36)37/h20-30,34-35H,5-19H2,1-4H3,(H,36,37)/t20-,21?,22-,23-,24?,25-,26?,27?,28+,29?,30-,32?,33-/m1/s1. The predicted octanol–water partition coefficient (Wildman–Crippen LogP) is 7.31. The Morgan fingerprint density at radius 3 is 2.35 bits per heavy atom. The summed E-state index contributed by atoms with van der Waals surface area (Å²) in [6, 6.07) is 0. The van der Waals surface area contributed by atoms with Gasteiger partial charge in [-0.25, -0.2) is 0 Å². The van der Waals surface area contributed by atoms with Crippen molar-refractivity contribution in [3.8, 4) is 0 Å². The number of fused-ring (bicyclic) bond motifs is 5. The monoisotopic (exact) mass is 516 g/mol. The van der Waals surface area contributed by atoms with Crippen molar-refractivity contribution in [1.29, 1.82) is 0 Å². The van der Waals surface area contributed by atoms with Gasteiger partial charge in [-0.3, -0.25) is 4.79 Å². The fraction of sp³-hybridized carbons (Fsp3) is 0.970. The number of aliphatic hydroxyl groups is 2. The Kier molecular flexibility index (Phi) is 8.12. The van der Waals surface area contributed by atoms with E-state index in [0.717, 1.165) is 57.3 Å². The van der Waals surface area contributed by atoms with Gasteiger partial charge in [-0.15, -0.1) is 0 Å². The average molecular weight is 517 g/mol. The molecule has 5 aliphatic carbocycles. The van der Waals surface area contributed by atoms with E-state index in [4.69, 9.17) is 0 Å². The molecule has 37 heavy (non-hydrogen) atoms. The molecule has 0 aromatic rings. The van der Waals surface area contributed by atoms with E-state index in [1.807, 2.05) is 0 Å². The molecule has 3 N–H and O–H groups in total. The topological polar surface area (TPSA) is 77.8 Å². The van der Waals surface area contributed by atoms with Gasteiger partial charge in [-0.05, 0) is 122 Å². The summed E-state index contributed by atoms with van der Waals surface area (Å²) < 4.78 is 0. The van der Waals surface area contributed by atoms with Crippen LogP contribution < -0.4 is 0 Å². The van der Waals surface area contributed by atoms with Gasteiger partial charge in [-0.1, -0.05) is 59.8 Å². The third-order valence-corrected chi connectivity index (χ3v) is 13.6. The number of carbonyl (C=O) groups is 1. The van der Waals surface area contributed by atoms with E-state index < -0.39 is 5.97 Å². The van der Waals surface area contributed by atoms with Crippen LogP contribution in [0.5, 0.6) is 0 Å². The largest absolute Gasteiger partial charge is 0.481 e. The second kappa shape index (κ2) is 10.8. The van der Waals surface area contributed by atoms with E-state index in [9.17, 15) is 20.1 Å².